The molecule has 0 amide bonds. The summed E-state index contributed by atoms with van der Waals surface area (Å²) in [5.41, 5.74) is 1.18. The molecule has 0 spiro atoms. The molecule has 1 aliphatic rings. The Bertz CT molecular complexity index is 340. The molecule has 1 atom stereocenters. The zero-order valence-corrected chi connectivity index (χ0v) is 10.4. The molecule has 87 valence electrons. The van der Waals surface area contributed by atoms with E-state index in [1.807, 2.05) is 18.2 Å². The van der Waals surface area contributed by atoms with Crippen LogP contribution in [0.1, 0.15) is 18.9 Å². The Balaban J connectivity index is 1.94. The molecule has 2 nitrogen and oxygen atoms in total. The number of halogens is 1. The summed E-state index contributed by atoms with van der Waals surface area (Å²) >= 11 is 5.97. The minimum Gasteiger partial charge on any atom is -0.311 e. The molecule has 1 aliphatic heterocycles. The van der Waals surface area contributed by atoms with Gasteiger partial charge in [0.15, 0.2) is 0 Å². The Morgan fingerprint density at radius 3 is 3.25 bits per heavy atom. The molecule has 0 aromatic heterocycles. The van der Waals surface area contributed by atoms with Gasteiger partial charge in [0, 0.05) is 37.2 Å². The van der Waals surface area contributed by atoms with E-state index in [0.717, 1.165) is 31.2 Å². The highest BCUT2D eigenvalue weighted by Gasteiger charge is 2.17. The third-order valence-electron chi connectivity index (χ3n) is 3.05. The van der Waals surface area contributed by atoms with Gasteiger partial charge in [-0.3, -0.25) is 4.90 Å². The summed E-state index contributed by atoms with van der Waals surface area (Å²) in [5.74, 6) is 0. The Hall–Kier alpha value is -0.570. The van der Waals surface area contributed by atoms with Crippen LogP contribution in [0.25, 0.3) is 0 Å². The van der Waals surface area contributed by atoms with Crippen molar-refractivity contribution in [3.63, 3.8) is 0 Å². The van der Waals surface area contributed by atoms with Crippen LogP contribution < -0.4 is 5.32 Å². The largest absolute Gasteiger partial charge is 0.311 e. The van der Waals surface area contributed by atoms with Crippen molar-refractivity contribution >= 4 is 11.6 Å². The monoisotopic (exact) mass is 237 g/mol. The number of hydrogen-bond donors (Lipinski definition) is 1. The second kappa shape index (κ2) is 5.67. The number of rotatable bonds is 3. The van der Waals surface area contributed by atoms with Crippen LogP contribution in [-0.4, -0.2) is 30.6 Å². The topological polar surface area (TPSA) is 15.3 Å². The van der Waals surface area contributed by atoms with Gasteiger partial charge in [0.1, 0.15) is 0 Å². The summed E-state index contributed by atoms with van der Waals surface area (Å²) < 4.78 is 0. The van der Waals surface area contributed by atoms with Crippen LogP contribution in [0.4, 0.5) is 0 Å². The lowest BCUT2D eigenvalue weighted by Gasteiger charge is -2.33. The molecule has 1 aromatic rings. The molecule has 1 fully saturated rings. The molecule has 1 aromatic carbocycles. The van der Waals surface area contributed by atoms with E-state index in [4.69, 9.17) is 11.6 Å². The zero-order valence-electron chi connectivity index (χ0n) is 9.67. The van der Waals surface area contributed by atoms with E-state index in [2.05, 4.69) is 23.2 Å². The summed E-state index contributed by atoms with van der Waals surface area (Å²) in [6.45, 7) is 6.50. The molecule has 1 radical (unpaired) electrons. The predicted octanol–water partition coefficient (Wildman–Crippen LogP) is 2.32. The van der Waals surface area contributed by atoms with Crippen molar-refractivity contribution in [1.82, 2.24) is 10.2 Å². The third-order valence-corrected chi connectivity index (χ3v) is 3.28. The van der Waals surface area contributed by atoms with Crippen LogP contribution >= 0.6 is 11.6 Å². The van der Waals surface area contributed by atoms with Gasteiger partial charge in [-0.15, -0.1) is 0 Å². The Morgan fingerprint density at radius 2 is 2.50 bits per heavy atom. The second-order valence-corrected chi connectivity index (χ2v) is 4.76. The minimum atomic E-state index is 0.632. The van der Waals surface area contributed by atoms with E-state index in [1.54, 1.807) is 0 Å². The number of nitrogens with one attached hydrogen (secondary N) is 1. The summed E-state index contributed by atoms with van der Waals surface area (Å²) in [6, 6.07) is 9.65. The standard InChI is InChI=1S/C13H18ClN2/c1-2-13-10-16(7-6-15-13)9-11-4-3-5-12(14)8-11/h3,5,8,13,15H,2,6-7,9-10H2,1H3/t13-/m0/s1. The number of piperazine rings is 1. The normalized spacial score (nSPS) is 22.2. The highest BCUT2D eigenvalue weighted by Crippen LogP contribution is 2.13. The van der Waals surface area contributed by atoms with Crippen LogP contribution in [0.5, 0.6) is 0 Å². The van der Waals surface area contributed by atoms with E-state index in [1.165, 1.54) is 12.0 Å². The van der Waals surface area contributed by atoms with Crippen molar-refractivity contribution in [2.75, 3.05) is 19.6 Å². The molecule has 16 heavy (non-hydrogen) atoms. The molecule has 2 rings (SSSR count). The lowest BCUT2D eigenvalue weighted by Crippen LogP contribution is -2.49. The van der Waals surface area contributed by atoms with Gasteiger partial charge in [0.05, 0.1) is 0 Å². The highest BCUT2D eigenvalue weighted by molar-refractivity contribution is 6.30. The maximum atomic E-state index is 5.97. The highest BCUT2D eigenvalue weighted by atomic mass is 35.5. The molecule has 0 bridgehead atoms. The number of benzene rings is 1. The minimum absolute atomic E-state index is 0.632. The van der Waals surface area contributed by atoms with Gasteiger partial charge in [-0.25, -0.2) is 0 Å². The van der Waals surface area contributed by atoms with Crippen LogP contribution in [0.3, 0.4) is 0 Å². The van der Waals surface area contributed by atoms with Gasteiger partial charge in [0.25, 0.3) is 0 Å². The molecule has 3 heteroatoms. The van der Waals surface area contributed by atoms with Crippen molar-refractivity contribution in [2.45, 2.75) is 25.9 Å². The van der Waals surface area contributed by atoms with Gasteiger partial charge in [-0.05, 0) is 30.2 Å². The van der Waals surface area contributed by atoms with Crippen molar-refractivity contribution in [2.24, 2.45) is 0 Å². The van der Waals surface area contributed by atoms with Gasteiger partial charge in [-0.1, -0.05) is 24.6 Å². The van der Waals surface area contributed by atoms with Crippen LogP contribution in [0, 0.1) is 6.07 Å². The van der Waals surface area contributed by atoms with Crippen LogP contribution in [0.15, 0.2) is 18.2 Å². The maximum absolute atomic E-state index is 5.97. The summed E-state index contributed by atoms with van der Waals surface area (Å²) in [4.78, 5) is 2.47. The molecule has 0 aliphatic carbocycles. The first-order valence-electron chi connectivity index (χ1n) is 5.90. The fourth-order valence-corrected chi connectivity index (χ4v) is 2.32. The third kappa shape index (κ3) is 3.21. The summed E-state index contributed by atoms with van der Waals surface area (Å²) in [7, 11) is 0. The van der Waals surface area contributed by atoms with Crippen LogP contribution in [0.2, 0.25) is 5.02 Å². The number of hydrogen-bond acceptors (Lipinski definition) is 2. The molecule has 0 saturated carbocycles. The van der Waals surface area contributed by atoms with Gasteiger partial charge in [0.2, 0.25) is 0 Å². The van der Waals surface area contributed by atoms with E-state index < -0.39 is 0 Å². The van der Waals surface area contributed by atoms with Crippen molar-refractivity contribution < 1.29 is 0 Å². The zero-order chi connectivity index (χ0) is 11.4. The van der Waals surface area contributed by atoms with Crippen LogP contribution in [-0.2, 0) is 6.54 Å². The Kier molecular flexibility index (Phi) is 4.22. The molecule has 1 heterocycles. The lowest BCUT2D eigenvalue weighted by atomic mass is 10.1. The fourth-order valence-electron chi connectivity index (χ4n) is 2.13. The summed E-state index contributed by atoms with van der Waals surface area (Å²) in [6.07, 6.45) is 1.19. The fraction of sp³-hybridized carbons (Fsp3) is 0.538. The van der Waals surface area contributed by atoms with E-state index in [-0.39, 0.29) is 0 Å². The van der Waals surface area contributed by atoms with Gasteiger partial charge >= 0.3 is 0 Å². The van der Waals surface area contributed by atoms with Gasteiger partial charge in [-0.2, -0.15) is 0 Å². The van der Waals surface area contributed by atoms with Crippen molar-refractivity contribution in [3.05, 3.63) is 34.9 Å². The quantitative estimate of drug-likeness (QED) is 0.868. The van der Waals surface area contributed by atoms with Crippen molar-refractivity contribution in [1.29, 1.82) is 0 Å². The SMILES string of the molecule is CC[C@H]1CN(Cc2[c]ccc(Cl)c2)CCN1. The first kappa shape index (κ1) is 11.9. The van der Waals surface area contributed by atoms with E-state index >= 15 is 0 Å². The Labute approximate surface area is 103 Å². The smallest absolute Gasteiger partial charge is 0.0409 e. The average Bonchev–Trinajstić information content (AvgIpc) is 2.29. The Morgan fingerprint density at radius 1 is 1.62 bits per heavy atom. The first-order chi connectivity index (χ1) is 7.78. The average molecular weight is 238 g/mol. The molecular weight excluding hydrogens is 220 g/mol. The number of nitrogens with zero attached hydrogens (tertiary/aromatic N) is 1. The predicted molar refractivity (Wildman–Crippen MR) is 67.6 cm³/mol. The van der Waals surface area contributed by atoms with Crippen molar-refractivity contribution in [3.8, 4) is 0 Å². The molecule has 0 unspecified atom stereocenters. The van der Waals surface area contributed by atoms with Gasteiger partial charge < -0.3 is 5.32 Å². The van der Waals surface area contributed by atoms with E-state index in [9.17, 15) is 0 Å². The maximum Gasteiger partial charge on any atom is 0.0409 e. The van der Waals surface area contributed by atoms with E-state index in [0.29, 0.717) is 6.04 Å². The molecule has 1 N–H and O–H groups in total. The second-order valence-electron chi connectivity index (χ2n) is 4.33. The molecular formula is C13H18ClN2. The molecule has 1 saturated heterocycles. The first-order valence-corrected chi connectivity index (χ1v) is 6.27. The lowest BCUT2D eigenvalue weighted by molar-refractivity contribution is 0.190. The summed E-state index contributed by atoms with van der Waals surface area (Å²) in [5, 5.41) is 4.32.